The van der Waals surface area contributed by atoms with Gasteiger partial charge in [-0.3, -0.25) is 19.3 Å². The molecule has 0 saturated carbocycles. The van der Waals surface area contributed by atoms with Crippen molar-refractivity contribution < 1.29 is 29.4 Å². The average Bonchev–Trinajstić information content (AvgIpc) is 3.40. The number of nitrogens with zero attached hydrogens (tertiary/aromatic N) is 5. The fraction of sp³-hybridized carbons (Fsp3) is 0.458. The molecule has 2 aliphatic rings. The van der Waals surface area contributed by atoms with E-state index in [1.807, 2.05) is 6.92 Å². The van der Waals surface area contributed by atoms with Crippen LogP contribution in [0.15, 0.2) is 40.7 Å². The zero-order chi connectivity index (χ0) is 28.8. The van der Waals surface area contributed by atoms with E-state index in [1.165, 1.54) is 57.4 Å². The van der Waals surface area contributed by atoms with Gasteiger partial charge in [-0.15, -0.1) is 16.9 Å². The highest BCUT2D eigenvalue weighted by Gasteiger charge is 2.54. The van der Waals surface area contributed by atoms with Gasteiger partial charge in [-0.2, -0.15) is 0 Å². The maximum Gasteiger partial charge on any atom is 0.352 e. The van der Waals surface area contributed by atoms with Gasteiger partial charge in [-0.25, -0.2) is 9.48 Å². The lowest BCUT2D eigenvalue weighted by atomic mass is 10.0. The first-order valence-corrected chi connectivity index (χ1v) is 14.6. The van der Waals surface area contributed by atoms with Crippen molar-refractivity contribution in [3.63, 3.8) is 0 Å². The second kappa shape index (κ2) is 13.1. The van der Waals surface area contributed by atoms with Crippen LogP contribution in [0.2, 0.25) is 0 Å². The minimum Gasteiger partial charge on any atom is -0.508 e. The van der Waals surface area contributed by atoms with Crippen LogP contribution in [-0.2, 0) is 25.7 Å². The molecule has 6 N–H and O–H groups in total. The number of aryl methyl sites for hydroxylation is 1. The second-order valence-corrected chi connectivity index (χ2v) is 11.2. The van der Waals surface area contributed by atoms with E-state index in [0.717, 1.165) is 12.8 Å². The predicted octanol–water partition coefficient (Wildman–Crippen LogP) is 0.216. The molecular weight excluding hydrogens is 560 g/mol. The molecule has 2 aliphatic heterocycles. The fourth-order valence-corrected chi connectivity index (χ4v) is 6.55. The number of tetrazole rings is 1. The first-order valence-electron chi connectivity index (χ1n) is 12.6. The molecule has 4 rings (SSSR count). The molecule has 3 heterocycles. The van der Waals surface area contributed by atoms with Gasteiger partial charge in [-0.1, -0.05) is 37.2 Å². The molecule has 0 radical (unpaired) electrons. The highest BCUT2D eigenvalue weighted by Crippen LogP contribution is 2.41. The van der Waals surface area contributed by atoms with Gasteiger partial charge in [0.15, 0.2) is 0 Å². The van der Waals surface area contributed by atoms with Crippen LogP contribution in [0.3, 0.4) is 0 Å². The molecule has 0 spiro atoms. The summed E-state index contributed by atoms with van der Waals surface area (Å²) < 4.78 is 1.49. The van der Waals surface area contributed by atoms with Gasteiger partial charge in [0.2, 0.25) is 17.0 Å². The number of carboxylic acid groups (broad SMARTS) is 1. The third kappa shape index (κ3) is 6.56. The maximum absolute atomic E-state index is 13.0. The summed E-state index contributed by atoms with van der Waals surface area (Å²) in [6.07, 6.45) is 2.08. The number of aliphatic carboxylic acids is 1. The van der Waals surface area contributed by atoms with Gasteiger partial charge in [-0.05, 0) is 40.1 Å². The first kappa shape index (κ1) is 29.4. The Balaban J connectivity index is 1.37. The molecule has 1 saturated heterocycles. The number of nitrogens with two attached hydrogens (primary N) is 1. The third-order valence-corrected chi connectivity index (χ3v) is 8.74. The number of amides is 3. The molecular formula is C24H30N8O6S2. The number of carboxylic acids is 1. The van der Waals surface area contributed by atoms with Crippen molar-refractivity contribution in [2.75, 3.05) is 18.1 Å². The molecule has 2 aromatic rings. The van der Waals surface area contributed by atoms with Crippen molar-refractivity contribution in [2.45, 2.75) is 55.3 Å². The van der Waals surface area contributed by atoms with Crippen LogP contribution < -0.4 is 16.4 Å². The number of hydrogen-bond donors (Lipinski definition) is 5. The minimum absolute atomic E-state index is 0.0310. The summed E-state index contributed by atoms with van der Waals surface area (Å²) in [6, 6.07) is 3.85. The summed E-state index contributed by atoms with van der Waals surface area (Å²) in [5, 5.41) is 36.2. The van der Waals surface area contributed by atoms with Crippen molar-refractivity contribution in [3.05, 3.63) is 41.1 Å². The summed E-state index contributed by atoms with van der Waals surface area (Å²) in [4.78, 5) is 51.0. The summed E-state index contributed by atoms with van der Waals surface area (Å²) in [5.74, 6) is -1.91. The number of β-lactam (4-membered cyclic amide) rings is 1. The van der Waals surface area contributed by atoms with Crippen LogP contribution in [0.4, 0.5) is 0 Å². The number of carbonyl (C=O) groups is 4. The quantitative estimate of drug-likeness (QED) is 0.121. The van der Waals surface area contributed by atoms with Gasteiger partial charge < -0.3 is 26.6 Å². The van der Waals surface area contributed by atoms with Crippen molar-refractivity contribution in [1.82, 2.24) is 35.7 Å². The van der Waals surface area contributed by atoms with Crippen LogP contribution in [0.1, 0.15) is 37.8 Å². The SMILES string of the molecule is CCCCNC(=O)CCn1nnnc1SCC1=C(C(=O)O)N2C(=O)C(NC(=O)C(N)c3ccc(O)cc3)[C@H]2SC1. The van der Waals surface area contributed by atoms with Crippen LogP contribution in [0.5, 0.6) is 5.75 Å². The summed E-state index contributed by atoms with van der Waals surface area (Å²) in [5.41, 5.74) is 6.87. The Morgan fingerprint density at radius 3 is 2.73 bits per heavy atom. The Morgan fingerprint density at radius 1 is 1.27 bits per heavy atom. The molecule has 14 nitrogen and oxygen atoms in total. The Hall–Kier alpha value is -3.63. The largest absolute Gasteiger partial charge is 0.508 e. The highest BCUT2D eigenvalue weighted by molar-refractivity contribution is 8.01. The zero-order valence-electron chi connectivity index (χ0n) is 21.6. The van der Waals surface area contributed by atoms with E-state index < -0.39 is 35.2 Å². The molecule has 2 unspecified atom stereocenters. The molecule has 1 aromatic carbocycles. The zero-order valence-corrected chi connectivity index (χ0v) is 23.3. The number of hydrogen-bond acceptors (Lipinski definition) is 11. The smallest absolute Gasteiger partial charge is 0.352 e. The maximum atomic E-state index is 13.0. The average molecular weight is 591 g/mol. The van der Waals surface area contributed by atoms with E-state index in [4.69, 9.17) is 5.73 Å². The molecule has 3 amide bonds. The standard InChI is InChI=1S/C24H30N8O6S2/c1-2-3-9-26-16(34)8-10-31-24(28-29-30-31)40-12-14-11-39-22-18(21(36)32(22)19(14)23(37)38)27-20(35)17(25)13-4-6-15(33)7-5-13/h4-7,17-18,22,33H,2-3,8-12,25H2,1H3,(H,26,34)(H,27,35)(H,37,38)/t17?,18?,22-/m1/s1. The molecule has 16 heteroatoms. The molecule has 1 aromatic heterocycles. The van der Waals surface area contributed by atoms with Crippen molar-refractivity contribution >= 4 is 47.2 Å². The minimum atomic E-state index is -1.25. The summed E-state index contributed by atoms with van der Waals surface area (Å²) in [7, 11) is 0. The van der Waals surface area contributed by atoms with E-state index in [0.29, 0.717) is 28.6 Å². The number of nitrogens with one attached hydrogen (secondary N) is 2. The number of aromatic nitrogens is 4. The van der Waals surface area contributed by atoms with Crippen LogP contribution >= 0.6 is 23.5 Å². The van der Waals surface area contributed by atoms with Crippen LogP contribution in [0, 0.1) is 0 Å². The fourth-order valence-electron chi connectivity index (χ4n) is 4.16. The van der Waals surface area contributed by atoms with Crippen molar-refractivity contribution in [2.24, 2.45) is 5.73 Å². The molecule has 1 fully saturated rings. The van der Waals surface area contributed by atoms with Gasteiger partial charge in [0.25, 0.3) is 5.91 Å². The lowest BCUT2D eigenvalue weighted by molar-refractivity contribution is -0.150. The third-order valence-electron chi connectivity index (χ3n) is 6.36. The second-order valence-electron chi connectivity index (χ2n) is 9.15. The van der Waals surface area contributed by atoms with E-state index in [9.17, 15) is 29.4 Å². The number of carbonyl (C=O) groups excluding carboxylic acids is 3. The number of unbranched alkanes of at least 4 members (excludes halogenated alkanes) is 1. The number of aromatic hydroxyl groups is 1. The number of rotatable bonds is 13. The molecule has 3 atom stereocenters. The first-order chi connectivity index (χ1) is 19.2. The Kier molecular flexibility index (Phi) is 9.65. The predicted molar refractivity (Wildman–Crippen MR) is 146 cm³/mol. The summed E-state index contributed by atoms with van der Waals surface area (Å²) >= 11 is 2.56. The Labute approximate surface area is 238 Å². The summed E-state index contributed by atoms with van der Waals surface area (Å²) in [6.45, 7) is 2.92. The van der Waals surface area contributed by atoms with Gasteiger partial charge in [0.05, 0.1) is 6.54 Å². The van der Waals surface area contributed by atoms with Crippen molar-refractivity contribution in [1.29, 1.82) is 0 Å². The number of phenols is 1. The lowest BCUT2D eigenvalue weighted by Crippen LogP contribution is -2.71. The van der Waals surface area contributed by atoms with Gasteiger partial charge in [0.1, 0.15) is 28.9 Å². The Morgan fingerprint density at radius 2 is 2.02 bits per heavy atom. The molecule has 0 aliphatic carbocycles. The number of thioether (sulfide) groups is 2. The van der Waals surface area contributed by atoms with E-state index in [-0.39, 0.29) is 36.1 Å². The van der Waals surface area contributed by atoms with E-state index in [1.54, 1.807) is 0 Å². The highest BCUT2D eigenvalue weighted by atomic mass is 32.2. The number of phenolic OH excluding ortho intramolecular Hbond substituents is 1. The molecule has 40 heavy (non-hydrogen) atoms. The van der Waals surface area contributed by atoms with Gasteiger partial charge in [0, 0.05) is 24.5 Å². The molecule has 0 bridgehead atoms. The van der Waals surface area contributed by atoms with Gasteiger partial charge >= 0.3 is 5.97 Å². The van der Waals surface area contributed by atoms with Crippen LogP contribution in [0.25, 0.3) is 0 Å². The number of benzene rings is 1. The lowest BCUT2D eigenvalue weighted by Gasteiger charge is -2.49. The van der Waals surface area contributed by atoms with Crippen LogP contribution in [-0.4, -0.2) is 88.5 Å². The van der Waals surface area contributed by atoms with E-state index >= 15 is 0 Å². The van der Waals surface area contributed by atoms with Crippen molar-refractivity contribution in [3.8, 4) is 5.75 Å². The molecule has 214 valence electrons. The number of fused-ring (bicyclic) bond motifs is 1. The monoisotopic (exact) mass is 590 g/mol. The van der Waals surface area contributed by atoms with E-state index in [2.05, 4.69) is 26.2 Å². The normalized spacial score (nSPS) is 19.1. The Bertz CT molecular complexity index is 1300. The topological polar surface area (TPSA) is 206 Å².